The molecule has 0 bridgehead atoms. The third-order valence-corrected chi connectivity index (χ3v) is 9.13. The molecule has 1 aliphatic carbocycles. The Morgan fingerprint density at radius 1 is 1.08 bits per heavy atom. The van der Waals surface area contributed by atoms with Crippen molar-refractivity contribution in [3.05, 3.63) is 64.0 Å². The van der Waals surface area contributed by atoms with Crippen molar-refractivity contribution in [2.24, 2.45) is 11.3 Å². The Balaban J connectivity index is 1.16. The second-order valence-corrected chi connectivity index (χ2v) is 12.5. The summed E-state index contributed by atoms with van der Waals surface area (Å²) < 4.78 is 0. The lowest BCUT2D eigenvalue weighted by Gasteiger charge is -2.34. The van der Waals surface area contributed by atoms with E-state index in [0.29, 0.717) is 18.0 Å². The first-order valence-corrected chi connectivity index (χ1v) is 13.9. The van der Waals surface area contributed by atoms with Crippen molar-refractivity contribution < 1.29 is 4.79 Å². The van der Waals surface area contributed by atoms with Crippen molar-refractivity contribution in [1.29, 1.82) is 5.26 Å². The summed E-state index contributed by atoms with van der Waals surface area (Å²) in [6, 6.07) is 17.5. The van der Waals surface area contributed by atoms with Gasteiger partial charge in [-0.2, -0.15) is 5.26 Å². The molecule has 1 aliphatic heterocycles. The largest absolute Gasteiger partial charge is 0.315 e. The summed E-state index contributed by atoms with van der Waals surface area (Å²) in [6.07, 6.45) is 3.05. The molecule has 36 heavy (non-hydrogen) atoms. The fraction of sp³-hybridized carbons (Fsp3) is 0.467. The molecule has 1 N–H and O–H groups in total. The van der Waals surface area contributed by atoms with Crippen LogP contribution in [0.1, 0.15) is 48.8 Å². The molecule has 5 rings (SSSR count). The molecule has 2 heterocycles. The fourth-order valence-electron chi connectivity index (χ4n) is 5.68. The van der Waals surface area contributed by atoms with Gasteiger partial charge in [0.1, 0.15) is 11.1 Å². The van der Waals surface area contributed by atoms with E-state index in [1.807, 2.05) is 0 Å². The van der Waals surface area contributed by atoms with E-state index >= 15 is 0 Å². The molecule has 1 amide bonds. The number of hydrogen-bond donors (Lipinski definition) is 1. The second-order valence-electron chi connectivity index (χ2n) is 11.4. The highest BCUT2D eigenvalue weighted by atomic mass is 32.1. The Labute approximate surface area is 218 Å². The minimum Gasteiger partial charge on any atom is -0.315 e. The summed E-state index contributed by atoms with van der Waals surface area (Å²) in [5, 5.41) is 16.3. The van der Waals surface area contributed by atoms with Crippen molar-refractivity contribution in [3.8, 4) is 6.07 Å². The number of carbonyl (C=O) groups is 1. The van der Waals surface area contributed by atoms with E-state index in [2.05, 4.69) is 84.4 Å². The van der Waals surface area contributed by atoms with Crippen molar-refractivity contribution in [2.45, 2.75) is 46.6 Å². The zero-order valence-corrected chi connectivity index (χ0v) is 22.5. The van der Waals surface area contributed by atoms with E-state index in [-0.39, 0.29) is 11.3 Å². The maximum Gasteiger partial charge on any atom is 0.239 e. The van der Waals surface area contributed by atoms with Gasteiger partial charge in [-0.05, 0) is 52.5 Å². The molecule has 3 aromatic rings. The smallest absolute Gasteiger partial charge is 0.239 e. The average Bonchev–Trinajstić information content (AvgIpc) is 3.21. The van der Waals surface area contributed by atoms with Gasteiger partial charge >= 0.3 is 0 Å². The summed E-state index contributed by atoms with van der Waals surface area (Å²) >= 11 is 1.62. The first kappa shape index (κ1) is 25.0. The van der Waals surface area contributed by atoms with Gasteiger partial charge in [-0.1, -0.05) is 63.2 Å². The summed E-state index contributed by atoms with van der Waals surface area (Å²) in [5.41, 5.74) is 3.47. The lowest BCUT2D eigenvalue weighted by molar-refractivity contribution is -0.117. The van der Waals surface area contributed by atoms with E-state index in [4.69, 9.17) is 0 Å². The highest BCUT2D eigenvalue weighted by Gasteiger charge is 2.32. The Morgan fingerprint density at radius 3 is 2.56 bits per heavy atom. The molecule has 2 aliphatic rings. The normalized spacial score (nSPS) is 19.1. The number of piperazine rings is 1. The van der Waals surface area contributed by atoms with Gasteiger partial charge in [0.15, 0.2) is 0 Å². The molecule has 6 heteroatoms. The first-order valence-electron chi connectivity index (χ1n) is 13.1. The van der Waals surface area contributed by atoms with E-state index in [9.17, 15) is 10.1 Å². The van der Waals surface area contributed by atoms with Gasteiger partial charge in [-0.15, -0.1) is 11.3 Å². The predicted molar refractivity (Wildman–Crippen MR) is 148 cm³/mol. The number of rotatable bonds is 5. The quantitative estimate of drug-likeness (QED) is 0.490. The molecule has 0 saturated carbocycles. The highest BCUT2D eigenvalue weighted by molar-refractivity contribution is 7.16. The highest BCUT2D eigenvalue weighted by Crippen LogP contribution is 2.44. The Morgan fingerprint density at radius 2 is 1.81 bits per heavy atom. The molecular formula is C30H36N4OS. The molecule has 0 spiro atoms. The minimum atomic E-state index is -0.0139. The molecule has 188 valence electrons. The molecule has 1 saturated heterocycles. The number of carbonyl (C=O) groups excluding carboxylic acids is 1. The zero-order chi connectivity index (χ0) is 25.3. The van der Waals surface area contributed by atoms with Crippen LogP contribution in [0, 0.1) is 22.7 Å². The van der Waals surface area contributed by atoms with E-state index < -0.39 is 0 Å². The second kappa shape index (κ2) is 10.3. The standard InChI is InChI=1S/C30H36N4OS/c1-30(2,3)23-11-12-25-26(18-31)29(36-27(25)17-23)32-28(35)20-34-15-13-33(14-16-34)19-22-9-6-8-21-7-4-5-10-24(21)22/h4-10,23H,11-17,19-20H2,1-3H3,(H,32,35). The van der Waals surface area contributed by atoms with Gasteiger partial charge < -0.3 is 5.32 Å². The first-order chi connectivity index (χ1) is 17.3. The van der Waals surface area contributed by atoms with Crippen LogP contribution in [0.15, 0.2) is 42.5 Å². The maximum absolute atomic E-state index is 12.9. The third kappa shape index (κ3) is 5.34. The molecule has 1 fully saturated rings. The van der Waals surface area contributed by atoms with Crippen LogP contribution in [-0.4, -0.2) is 48.4 Å². The van der Waals surface area contributed by atoms with Crippen LogP contribution in [0.5, 0.6) is 0 Å². The number of anilines is 1. The van der Waals surface area contributed by atoms with Gasteiger partial charge in [0.2, 0.25) is 5.91 Å². The third-order valence-electron chi connectivity index (χ3n) is 7.96. The topological polar surface area (TPSA) is 59.4 Å². The number of nitrogens with one attached hydrogen (secondary N) is 1. The number of nitriles is 1. The number of hydrogen-bond acceptors (Lipinski definition) is 5. The van der Waals surface area contributed by atoms with Crippen LogP contribution in [0.4, 0.5) is 5.00 Å². The fourth-order valence-corrected chi connectivity index (χ4v) is 6.97. The Kier molecular flexibility index (Phi) is 7.16. The molecule has 1 atom stereocenters. The molecule has 1 unspecified atom stereocenters. The SMILES string of the molecule is CC(C)(C)C1CCc2c(sc(NC(=O)CN3CCN(Cc4cccc5ccccc45)CC3)c2C#N)C1. The molecule has 2 aromatic carbocycles. The molecule has 1 aromatic heterocycles. The van der Waals surface area contributed by atoms with Crippen LogP contribution in [0.3, 0.4) is 0 Å². The molecule has 5 nitrogen and oxygen atoms in total. The predicted octanol–water partition coefficient (Wildman–Crippen LogP) is 5.68. The summed E-state index contributed by atoms with van der Waals surface area (Å²) in [7, 11) is 0. The van der Waals surface area contributed by atoms with Gasteiger partial charge in [0.25, 0.3) is 0 Å². The number of thiophene rings is 1. The molecule has 0 radical (unpaired) electrons. The van der Waals surface area contributed by atoms with Gasteiger partial charge in [0.05, 0.1) is 12.1 Å². The van der Waals surface area contributed by atoms with Gasteiger partial charge in [-0.3, -0.25) is 14.6 Å². The van der Waals surface area contributed by atoms with Crippen molar-refractivity contribution in [2.75, 3.05) is 38.0 Å². The summed E-state index contributed by atoms with van der Waals surface area (Å²) in [6.45, 7) is 11.8. The number of nitrogens with zero attached hydrogens (tertiary/aromatic N) is 3. The Bertz CT molecular complexity index is 1290. The van der Waals surface area contributed by atoms with Crippen LogP contribution in [0.2, 0.25) is 0 Å². The zero-order valence-electron chi connectivity index (χ0n) is 21.6. The van der Waals surface area contributed by atoms with Crippen LogP contribution >= 0.6 is 11.3 Å². The van der Waals surface area contributed by atoms with E-state index in [0.717, 1.165) is 57.0 Å². The number of benzene rings is 2. The minimum absolute atomic E-state index is 0.0139. The van der Waals surface area contributed by atoms with Gasteiger partial charge in [-0.25, -0.2) is 0 Å². The summed E-state index contributed by atoms with van der Waals surface area (Å²) in [4.78, 5) is 18.9. The van der Waals surface area contributed by atoms with E-state index in [1.54, 1.807) is 11.3 Å². The summed E-state index contributed by atoms with van der Waals surface area (Å²) in [5.74, 6) is 0.601. The van der Waals surface area contributed by atoms with Crippen LogP contribution in [-0.2, 0) is 24.2 Å². The van der Waals surface area contributed by atoms with Crippen LogP contribution in [0.25, 0.3) is 10.8 Å². The lowest BCUT2D eigenvalue weighted by atomic mass is 9.72. The average molecular weight is 501 g/mol. The van der Waals surface area contributed by atoms with Crippen molar-refractivity contribution in [1.82, 2.24) is 9.80 Å². The maximum atomic E-state index is 12.9. The van der Waals surface area contributed by atoms with Crippen molar-refractivity contribution >= 4 is 33.0 Å². The monoisotopic (exact) mass is 500 g/mol. The number of amides is 1. The van der Waals surface area contributed by atoms with Crippen molar-refractivity contribution in [3.63, 3.8) is 0 Å². The number of fused-ring (bicyclic) bond motifs is 2. The molecular weight excluding hydrogens is 464 g/mol. The lowest BCUT2D eigenvalue weighted by Crippen LogP contribution is -2.48. The van der Waals surface area contributed by atoms with Crippen LogP contribution < -0.4 is 5.32 Å². The Hall–Kier alpha value is -2.72. The van der Waals surface area contributed by atoms with E-state index in [1.165, 1.54) is 26.8 Å². The van der Waals surface area contributed by atoms with Gasteiger partial charge in [0, 0.05) is 37.6 Å².